The molecule has 0 aromatic heterocycles. The van der Waals surface area contributed by atoms with Crippen molar-refractivity contribution >= 4 is 0 Å². The monoisotopic (exact) mass is 250 g/mol. The molecule has 18 heavy (non-hydrogen) atoms. The van der Waals surface area contributed by atoms with Crippen molar-refractivity contribution in [3.63, 3.8) is 0 Å². The molecular weight excluding hydrogens is 220 g/mol. The molecule has 2 heteroatoms. The van der Waals surface area contributed by atoms with E-state index in [1.165, 1.54) is 77.5 Å². The van der Waals surface area contributed by atoms with Gasteiger partial charge in [-0.15, -0.1) is 0 Å². The van der Waals surface area contributed by atoms with Gasteiger partial charge in [0.25, 0.3) is 0 Å². The molecule has 2 nitrogen and oxygen atoms in total. The maximum absolute atomic E-state index is 3.54. The maximum Gasteiger partial charge on any atom is 0.0124 e. The highest BCUT2D eigenvalue weighted by Gasteiger charge is 2.40. The predicted octanol–water partition coefficient (Wildman–Crippen LogP) is 3.03. The van der Waals surface area contributed by atoms with E-state index < -0.39 is 0 Å². The van der Waals surface area contributed by atoms with Crippen molar-refractivity contribution < 1.29 is 0 Å². The third kappa shape index (κ3) is 2.46. The zero-order valence-corrected chi connectivity index (χ0v) is 12.1. The zero-order chi connectivity index (χ0) is 12.4. The normalized spacial score (nSPS) is 36.5. The average Bonchev–Trinajstić information content (AvgIpc) is 2.83. The summed E-state index contributed by atoms with van der Waals surface area (Å²) >= 11 is 0. The Kier molecular flexibility index (Phi) is 3.95. The summed E-state index contributed by atoms with van der Waals surface area (Å²) in [6.45, 7) is 7.70. The Morgan fingerprint density at radius 3 is 2.67 bits per heavy atom. The van der Waals surface area contributed by atoms with E-state index in [1.54, 1.807) is 0 Å². The van der Waals surface area contributed by atoms with Crippen LogP contribution in [0.3, 0.4) is 0 Å². The number of nitrogens with one attached hydrogen (secondary N) is 1. The van der Waals surface area contributed by atoms with Gasteiger partial charge in [0.15, 0.2) is 0 Å². The second-order valence-corrected chi connectivity index (χ2v) is 6.97. The summed E-state index contributed by atoms with van der Waals surface area (Å²) in [6.07, 6.45) is 11.7. The fourth-order valence-electron chi connectivity index (χ4n) is 4.71. The van der Waals surface area contributed by atoms with Crippen LogP contribution >= 0.6 is 0 Å². The Bertz CT molecular complexity index is 270. The average molecular weight is 250 g/mol. The number of piperidine rings is 1. The highest BCUT2D eigenvalue weighted by molar-refractivity contribution is 4.94. The molecule has 0 aromatic rings. The Labute approximate surface area is 113 Å². The van der Waals surface area contributed by atoms with E-state index in [0.29, 0.717) is 5.41 Å². The Morgan fingerprint density at radius 1 is 1.11 bits per heavy atom. The second kappa shape index (κ2) is 5.50. The van der Waals surface area contributed by atoms with Gasteiger partial charge in [0.1, 0.15) is 0 Å². The van der Waals surface area contributed by atoms with Gasteiger partial charge >= 0.3 is 0 Å². The Hall–Kier alpha value is -0.0800. The lowest BCUT2D eigenvalue weighted by molar-refractivity contribution is 0.0806. The fraction of sp³-hybridized carbons (Fsp3) is 1.00. The van der Waals surface area contributed by atoms with Gasteiger partial charge in [0, 0.05) is 12.6 Å². The summed E-state index contributed by atoms with van der Waals surface area (Å²) in [6, 6.07) is 0.956. The van der Waals surface area contributed by atoms with Gasteiger partial charge in [0.05, 0.1) is 0 Å². The third-order valence-corrected chi connectivity index (χ3v) is 6.08. The smallest absolute Gasteiger partial charge is 0.0124 e. The first-order valence-corrected chi connectivity index (χ1v) is 8.28. The predicted molar refractivity (Wildman–Crippen MR) is 76.8 cm³/mol. The Balaban J connectivity index is 1.64. The van der Waals surface area contributed by atoms with Gasteiger partial charge in [-0.25, -0.2) is 0 Å². The van der Waals surface area contributed by atoms with Crippen LogP contribution in [0.4, 0.5) is 0 Å². The largest absolute Gasteiger partial charge is 0.317 e. The lowest BCUT2D eigenvalue weighted by atomic mass is 9.75. The lowest BCUT2D eigenvalue weighted by Crippen LogP contribution is -2.47. The molecule has 104 valence electrons. The first kappa shape index (κ1) is 12.9. The van der Waals surface area contributed by atoms with E-state index in [0.717, 1.165) is 12.0 Å². The topological polar surface area (TPSA) is 15.3 Å². The molecule has 1 aliphatic carbocycles. The molecule has 2 unspecified atom stereocenters. The van der Waals surface area contributed by atoms with Gasteiger partial charge in [-0.3, -0.25) is 4.90 Å². The lowest BCUT2D eigenvalue weighted by Gasteiger charge is -2.42. The number of hydrogen-bond donors (Lipinski definition) is 1. The number of likely N-dealkylation sites (tertiary alicyclic amines) is 1. The maximum atomic E-state index is 3.54. The van der Waals surface area contributed by atoms with Crippen molar-refractivity contribution in [2.45, 2.75) is 64.3 Å². The van der Waals surface area contributed by atoms with Crippen LogP contribution in [0.1, 0.15) is 58.3 Å². The minimum absolute atomic E-state index is 0.636. The summed E-state index contributed by atoms with van der Waals surface area (Å²) in [7, 11) is 0. The van der Waals surface area contributed by atoms with E-state index in [9.17, 15) is 0 Å². The highest BCUT2D eigenvalue weighted by Crippen LogP contribution is 2.40. The molecule has 3 fully saturated rings. The standard InChI is InChI=1S/C16H30N2/c1-2-16(8-10-17-11-9-16)13-18-12-7-14-5-3-4-6-15(14)18/h14-15,17H,2-13H2,1H3. The molecule has 2 heterocycles. The summed E-state index contributed by atoms with van der Waals surface area (Å²) in [5, 5.41) is 3.54. The minimum Gasteiger partial charge on any atom is -0.317 e. The van der Waals surface area contributed by atoms with Gasteiger partial charge in [-0.1, -0.05) is 19.8 Å². The first-order valence-electron chi connectivity index (χ1n) is 8.28. The summed E-state index contributed by atoms with van der Waals surface area (Å²) in [5.41, 5.74) is 0.636. The number of nitrogens with zero attached hydrogens (tertiary/aromatic N) is 1. The van der Waals surface area contributed by atoms with Crippen LogP contribution in [-0.4, -0.2) is 37.1 Å². The molecule has 1 saturated carbocycles. The van der Waals surface area contributed by atoms with Crippen molar-refractivity contribution in [2.24, 2.45) is 11.3 Å². The minimum atomic E-state index is 0.636. The SMILES string of the molecule is CCC1(CN2CCC3CCCCC32)CCNCC1. The van der Waals surface area contributed by atoms with Crippen LogP contribution in [0.25, 0.3) is 0 Å². The van der Waals surface area contributed by atoms with Crippen LogP contribution in [0, 0.1) is 11.3 Å². The molecule has 1 N–H and O–H groups in total. The summed E-state index contributed by atoms with van der Waals surface area (Å²) < 4.78 is 0. The van der Waals surface area contributed by atoms with Gasteiger partial charge < -0.3 is 5.32 Å². The quantitative estimate of drug-likeness (QED) is 0.828. The van der Waals surface area contributed by atoms with E-state index in [4.69, 9.17) is 0 Å². The molecular formula is C16H30N2. The fourth-order valence-corrected chi connectivity index (χ4v) is 4.71. The molecule has 0 spiro atoms. The molecule has 3 rings (SSSR count). The zero-order valence-electron chi connectivity index (χ0n) is 12.1. The van der Waals surface area contributed by atoms with Crippen LogP contribution in [0.5, 0.6) is 0 Å². The van der Waals surface area contributed by atoms with Crippen LogP contribution in [-0.2, 0) is 0 Å². The van der Waals surface area contributed by atoms with Crippen molar-refractivity contribution in [3.8, 4) is 0 Å². The van der Waals surface area contributed by atoms with Crippen molar-refractivity contribution in [1.82, 2.24) is 10.2 Å². The van der Waals surface area contributed by atoms with Crippen LogP contribution in [0.2, 0.25) is 0 Å². The molecule has 3 aliphatic rings. The summed E-state index contributed by atoms with van der Waals surface area (Å²) in [5.74, 6) is 1.05. The van der Waals surface area contributed by atoms with Crippen LogP contribution in [0.15, 0.2) is 0 Å². The molecule has 0 radical (unpaired) electrons. The van der Waals surface area contributed by atoms with E-state index in [2.05, 4.69) is 17.1 Å². The van der Waals surface area contributed by atoms with Gasteiger partial charge in [-0.2, -0.15) is 0 Å². The van der Waals surface area contributed by atoms with Crippen LogP contribution < -0.4 is 5.32 Å². The second-order valence-electron chi connectivity index (χ2n) is 6.97. The van der Waals surface area contributed by atoms with E-state index >= 15 is 0 Å². The Morgan fingerprint density at radius 2 is 1.89 bits per heavy atom. The molecule has 2 aliphatic heterocycles. The molecule has 0 bridgehead atoms. The van der Waals surface area contributed by atoms with Gasteiger partial charge in [0.2, 0.25) is 0 Å². The molecule has 2 atom stereocenters. The number of rotatable bonds is 3. The number of hydrogen-bond acceptors (Lipinski definition) is 2. The van der Waals surface area contributed by atoms with Crippen molar-refractivity contribution in [3.05, 3.63) is 0 Å². The van der Waals surface area contributed by atoms with Crippen molar-refractivity contribution in [2.75, 3.05) is 26.2 Å². The van der Waals surface area contributed by atoms with E-state index in [-0.39, 0.29) is 0 Å². The van der Waals surface area contributed by atoms with Gasteiger partial charge in [-0.05, 0) is 69.5 Å². The number of fused-ring (bicyclic) bond motifs is 1. The highest BCUT2D eigenvalue weighted by atomic mass is 15.2. The molecule has 2 saturated heterocycles. The third-order valence-electron chi connectivity index (χ3n) is 6.08. The van der Waals surface area contributed by atoms with E-state index in [1.807, 2.05) is 0 Å². The first-order chi connectivity index (χ1) is 8.83. The van der Waals surface area contributed by atoms with Crippen molar-refractivity contribution in [1.29, 1.82) is 0 Å². The molecule has 0 amide bonds. The molecule has 0 aromatic carbocycles. The summed E-state index contributed by atoms with van der Waals surface area (Å²) in [4.78, 5) is 2.89.